The lowest BCUT2D eigenvalue weighted by Gasteiger charge is -2.17. The van der Waals surface area contributed by atoms with Crippen LogP contribution in [0.5, 0.6) is 0 Å². The van der Waals surface area contributed by atoms with E-state index < -0.39 is 73.5 Å². The Bertz CT molecular complexity index is 1060. The van der Waals surface area contributed by atoms with Gasteiger partial charge in [0.05, 0.1) is 25.2 Å². The molecule has 0 radical (unpaired) electrons. The van der Waals surface area contributed by atoms with Crippen LogP contribution in [0.25, 0.3) is 0 Å². The highest BCUT2D eigenvalue weighted by Crippen LogP contribution is 2.30. The van der Waals surface area contributed by atoms with Gasteiger partial charge < -0.3 is 0 Å². The summed E-state index contributed by atoms with van der Waals surface area (Å²) in [5.41, 5.74) is 1.09. The van der Waals surface area contributed by atoms with Gasteiger partial charge in [-0.05, 0) is 67.1 Å². The van der Waals surface area contributed by atoms with Gasteiger partial charge in [-0.3, -0.25) is 8.78 Å². The van der Waals surface area contributed by atoms with Crippen molar-refractivity contribution >= 4 is 0 Å². The molecule has 0 amide bonds. The Morgan fingerprint density at radius 3 is 0.795 bits per heavy atom. The van der Waals surface area contributed by atoms with Gasteiger partial charge in [0.25, 0.3) is 0 Å². The fraction of sp³-hybridized carbons (Fsp3) is 1.00. The minimum atomic E-state index is -4.27. The average molecular weight is 1100 g/mol. The van der Waals surface area contributed by atoms with Crippen LogP contribution in [-0.2, 0) is 0 Å². The summed E-state index contributed by atoms with van der Waals surface area (Å²) in [5, 5.41) is 0. The maximum Gasteiger partial charge on any atom is 0.391 e. The third kappa shape index (κ3) is 101. The Kier molecular flexibility index (Phi) is 71.3. The molecule has 0 bridgehead atoms. The second-order valence-electron chi connectivity index (χ2n) is 22.4. The predicted octanol–water partition coefficient (Wildman–Crippen LogP) is 25.8. The molecule has 0 aromatic rings. The summed E-state index contributed by atoms with van der Waals surface area (Å²) < 4.78 is 178. The summed E-state index contributed by atoms with van der Waals surface area (Å²) in [6.45, 7) is 48.8. The second kappa shape index (κ2) is 58.7. The Hall–Kier alpha value is -0.980. The van der Waals surface area contributed by atoms with E-state index in [-0.39, 0.29) is 38.0 Å². The fourth-order valence-corrected chi connectivity index (χ4v) is 4.19. The zero-order valence-corrected chi connectivity index (χ0v) is 52.1. The van der Waals surface area contributed by atoms with Crippen molar-refractivity contribution in [1.29, 1.82) is 0 Å². The number of halogens is 14. The van der Waals surface area contributed by atoms with Crippen LogP contribution in [0.3, 0.4) is 0 Å². The van der Waals surface area contributed by atoms with Gasteiger partial charge in [-0.25, -0.2) is 26.3 Å². The number of hydrogen-bond acceptors (Lipinski definition) is 0. The molecular weight excluding hydrogens is 975 g/mol. The van der Waals surface area contributed by atoms with Crippen LogP contribution in [0.15, 0.2) is 0 Å². The zero-order chi connectivity index (χ0) is 62.8. The van der Waals surface area contributed by atoms with E-state index in [0.29, 0.717) is 30.1 Å². The van der Waals surface area contributed by atoms with Crippen molar-refractivity contribution in [3.05, 3.63) is 0 Å². The molecule has 0 N–H and O–H groups in total. The number of hydrogen-bond donors (Lipinski definition) is 0. The SMILES string of the molecule is CCC(C)(C)C.CCC(C)C(F)F.CCC(C)CF.CCC(F)(F)C(C)C.CCCC(C)(C)C.CCCC(C)C.CCCC(C)C(F)(F)F.CCCC(C)C(F)F.CCCC(C)CF.[2H]C([2H])(C)CC(C)C(F)(F)F. The first-order chi connectivity index (χ1) is 33.5. The average Bonchev–Trinajstić information content (AvgIpc) is 3.26. The van der Waals surface area contributed by atoms with Crippen molar-refractivity contribution in [1.82, 2.24) is 0 Å². The molecule has 0 saturated carbocycles. The molecule has 0 saturated heterocycles. The molecule has 73 heavy (non-hydrogen) atoms. The van der Waals surface area contributed by atoms with Crippen LogP contribution < -0.4 is 0 Å². The van der Waals surface area contributed by atoms with E-state index >= 15 is 0 Å². The molecule has 458 valence electrons. The van der Waals surface area contributed by atoms with E-state index in [1.165, 1.54) is 59.8 Å². The zero-order valence-electron chi connectivity index (χ0n) is 54.1. The van der Waals surface area contributed by atoms with E-state index in [2.05, 4.69) is 83.1 Å². The maximum atomic E-state index is 12.3. The number of alkyl halides is 14. The smallest absolute Gasteiger partial charge is 0.251 e. The third-order valence-corrected chi connectivity index (χ3v) is 10.8. The molecule has 0 aromatic heterocycles. The molecule has 0 aromatic carbocycles. The largest absolute Gasteiger partial charge is 0.391 e. The van der Waals surface area contributed by atoms with Gasteiger partial charge in [-0.2, -0.15) is 26.3 Å². The predicted molar refractivity (Wildman–Crippen MR) is 295 cm³/mol. The van der Waals surface area contributed by atoms with Gasteiger partial charge in [0.15, 0.2) is 0 Å². The summed E-state index contributed by atoms with van der Waals surface area (Å²) in [7, 11) is 0. The van der Waals surface area contributed by atoms with Crippen molar-refractivity contribution in [2.75, 3.05) is 13.3 Å². The lowest BCUT2D eigenvalue weighted by molar-refractivity contribution is -0.171. The molecule has 0 heterocycles. The third-order valence-electron chi connectivity index (χ3n) is 10.8. The Labute approximate surface area is 448 Å². The molecule has 0 aliphatic carbocycles. The normalized spacial score (nSPS) is 14.4. The first-order valence-corrected chi connectivity index (χ1v) is 27.7. The Morgan fingerprint density at radius 2 is 0.740 bits per heavy atom. The van der Waals surface area contributed by atoms with Crippen molar-refractivity contribution in [2.24, 2.45) is 58.2 Å². The van der Waals surface area contributed by atoms with Crippen molar-refractivity contribution in [3.63, 3.8) is 0 Å². The molecular formula is C59H124F14. The highest BCUT2D eigenvalue weighted by molar-refractivity contribution is 4.67. The monoisotopic (exact) mass is 1100 g/mol. The molecule has 0 nitrogen and oxygen atoms in total. The maximum absolute atomic E-state index is 12.3. The van der Waals surface area contributed by atoms with Crippen LogP contribution in [0.2, 0.25) is 0 Å². The quantitative estimate of drug-likeness (QED) is 0.113. The summed E-state index contributed by atoms with van der Waals surface area (Å²) >= 11 is 0. The van der Waals surface area contributed by atoms with Gasteiger partial charge in [0, 0.05) is 26.9 Å². The van der Waals surface area contributed by atoms with Gasteiger partial charge >= 0.3 is 12.4 Å². The summed E-state index contributed by atoms with van der Waals surface area (Å²) in [4.78, 5) is 0. The van der Waals surface area contributed by atoms with Gasteiger partial charge in [-0.1, -0.05) is 238 Å². The van der Waals surface area contributed by atoms with E-state index in [1.54, 1.807) is 27.7 Å². The van der Waals surface area contributed by atoms with Crippen LogP contribution >= 0.6 is 0 Å². The molecule has 0 aliphatic heterocycles. The van der Waals surface area contributed by atoms with E-state index in [1.807, 2.05) is 27.7 Å². The van der Waals surface area contributed by atoms with E-state index in [0.717, 1.165) is 45.4 Å². The lowest BCUT2D eigenvalue weighted by atomic mass is 9.91. The van der Waals surface area contributed by atoms with Crippen LogP contribution in [0, 0.1) is 58.2 Å². The number of rotatable bonds is 19. The topological polar surface area (TPSA) is 0 Å². The molecule has 6 unspecified atom stereocenters. The molecule has 0 rings (SSSR count). The molecule has 0 fully saturated rings. The van der Waals surface area contributed by atoms with Crippen molar-refractivity contribution in [2.45, 2.75) is 314 Å². The highest BCUT2D eigenvalue weighted by atomic mass is 19.4. The fourth-order valence-electron chi connectivity index (χ4n) is 4.19. The minimum absolute atomic E-state index is 0.0509. The first kappa shape index (κ1) is 88.6. The van der Waals surface area contributed by atoms with E-state index in [9.17, 15) is 61.5 Å². The molecule has 0 spiro atoms. The highest BCUT2D eigenvalue weighted by Gasteiger charge is 2.35. The van der Waals surface area contributed by atoms with Crippen LogP contribution in [-0.4, -0.2) is 44.5 Å². The van der Waals surface area contributed by atoms with Gasteiger partial charge in [0.2, 0.25) is 18.8 Å². The van der Waals surface area contributed by atoms with E-state index in [4.69, 9.17) is 2.74 Å². The van der Waals surface area contributed by atoms with Gasteiger partial charge in [-0.15, -0.1) is 0 Å². The minimum Gasteiger partial charge on any atom is -0.251 e. The van der Waals surface area contributed by atoms with Crippen molar-refractivity contribution < 1.29 is 64.2 Å². The lowest BCUT2D eigenvalue weighted by Crippen LogP contribution is -2.21. The molecule has 0 aliphatic rings. The van der Waals surface area contributed by atoms with Crippen LogP contribution in [0.1, 0.15) is 285 Å². The molecule has 6 atom stereocenters. The second-order valence-corrected chi connectivity index (χ2v) is 22.4. The summed E-state index contributed by atoms with van der Waals surface area (Å²) in [6, 6.07) is 0. The Balaban J connectivity index is -0.0000000787. The summed E-state index contributed by atoms with van der Waals surface area (Å²) in [6.07, 6.45) is -2.19. The molecule has 14 heteroatoms. The first-order valence-electron chi connectivity index (χ1n) is 28.7. The summed E-state index contributed by atoms with van der Waals surface area (Å²) in [5.74, 6) is -5.08. The van der Waals surface area contributed by atoms with Gasteiger partial charge in [0.1, 0.15) is 0 Å². The van der Waals surface area contributed by atoms with Crippen LogP contribution in [0.4, 0.5) is 61.5 Å². The van der Waals surface area contributed by atoms with Crippen molar-refractivity contribution in [3.8, 4) is 0 Å². The Morgan fingerprint density at radius 1 is 0.397 bits per heavy atom. The standard InChI is InChI=1S/C7H16.2C6H11F3.2C6H12F2.C6H13F.2C6H14.C5H10F2.C5H11F/c1-5-6-7(2,3)4;2*1-3-4-5(2)6(7,8)9;1-4-6(7,8)5(2)3;1-3-4-5(2)6(7)8;1-3-4-6(2)5-7;1-5-6(2,3)4;1-4-5-6(2)3;1-3-4(2)5(6)7;1-3-5(2)4-6/h5-6H2,1-4H3;2*5H,3-4H2,1-2H3;5H,4H2,1-3H3;5-6H,3-4H2,1-2H3;6H,3-5H2,1-2H3;5H2,1-4H3;6H,4-5H2,1-3H3;4-5H,3H2,1-2H3;5H,3-4H2,1-2H3/i;3D2;;;;;;;;.